The van der Waals surface area contributed by atoms with Gasteiger partial charge in [0.25, 0.3) is 5.56 Å². The number of aromatic amines is 1. The Kier molecular flexibility index (Phi) is 2.51. The van der Waals surface area contributed by atoms with Gasteiger partial charge < -0.3 is 5.11 Å². The molecule has 0 aliphatic carbocycles. The van der Waals surface area contributed by atoms with E-state index in [9.17, 15) is 14.8 Å². The van der Waals surface area contributed by atoms with Gasteiger partial charge in [0.2, 0.25) is 5.88 Å². The summed E-state index contributed by atoms with van der Waals surface area (Å²) >= 11 is 0. The summed E-state index contributed by atoms with van der Waals surface area (Å²) in [4.78, 5) is 23.9. The first-order valence-corrected chi connectivity index (χ1v) is 4.57. The standard InChI is InChI=1S/C11H8N2O3/c14-9-6-8(7-4-2-1-3-5-7)10(13-16)11(15)12-9/h1-6H,(H2,12,14,15). The highest BCUT2D eigenvalue weighted by Gasteiger charge is 2.12. The lowest BCUT2D eigenvalue weighted by Crippen LogP contribution is -2.03. The molecule has 1 heterocycles. The number of pyridine rings is 1. The van der Waals surface area contributed by atoms with E-state index in [1.807, 2.05) is 6.07 Å². The quantitative estimate of drug-likeness (QED) is 0.754. The van der Waals surface area contributed by atoms with E-state index < -0.39 is 11.4 Å². The van der Waals surface area contributed by atoms with Crippen LogP contribution in [0.4, 0.5) is 5.69 Å². The predicted molar refractivity (Wildman–Crippen MR) is 59.6 cm³/mol. The number of aromatic nitrogens is 1. The van der Waals surface area contributed by atoms with Crippen LogP contribution in [-0.4, -0.2) is 10.1 Å². The summed E-state index contributed by atoms with van der Waals surface area (Å²) in [5, 5.41) is 12.1. The van der Waals surface area contributed by atoms with Gasteiger partial charge in [0, 0.05) is 11.6 Å². The zero-order chi connectivity index (χ0) is 11.5. The van der Waals surface area contributed by atoms with Gasteiger partial charge in [-0.05, 0) is 10.7 Å². The third-order valence-electron chi connectivity index (χ3n) is 2.17. The molecule has 0 saturated heterocycles. The molecule has 0 fully saturated rings. The maximum absolute atomic E-state index is 11.2. The van der Waals surface area contributed by atoms with E-state index in [0.29, 0.717) is 11.1 Å². The summed E-state index contributed by atoms with van der Waals surface area (Å²) in [7, 11) is 0. The molecule has 0 unspecified atom stereocenters. The van der Waals surface area contributed by atoms with E-state index in [1.54, 1.807) is 24.3 Å². The van der Waals surface area contributed by atoms with Gasteiger partial charge in [-0.1, -0.05) is 30.3 Å². The van der Waals surface area contributed by atoms with Crippen molar-refractivity contribution >= 4 is 5.69 Å². The maximum atomic E-state index is 11.2. The maximum Gasteiger partial charge on any atom is 0.251 e. The van der Waals surface area contributed by atoms with Gasteiger partial charge >= 0.3 is 0 Å². The normalized spacial score (nSPS) is 10.0. The summed E-state index contributed by atoms with van der Waals surface area (Å²) in [5.41, 5.74) is 0.324. The molecule has 1 aromatic carbocycles. The second kappa shape index (κ2) is 3.98. The van der Waals surface area contributed by atoms with Crippen molar-refractivity contribution in [1.29, 1.82) is 0 Å². The predicted octanol–water partition coefficient (Wildman–Crippen LogP) is 2.15. The fourth-order valence-electron chi connectivity index (χ4n) is 1.47. The summed E-state index contributed by atoms with van der Waals surface area (Å²) in [6, 6.07) is 10.0. The number of benzene rings is 1. The van der Waals surface area contributed by atoms with E-state index in [2.05, 4.69) is 10.2 Å². The molecule has 5 nitrogen and oxygen atoms in total. The summed E-state index contributed by atoms with van der Waals surface area (Å²) in [6.45, 7) is 0. The first kappa shape index (κ1) is 10.1. The molecule has 0 spiro atoms. The number of nitroso groups, excluding NO2 is 1. The number of hydrogen-bond acceptors (Lipinski definition) is 4. The van der Waals surface area contributed by atoms with E-state index in [0.717, 1.165) is 0 Å². The molecule has 2 aromatic rings. The van der Waals surface area contributed by atoms with Crippen molar-refractivity contribution < 1.29 is 5.11 Å². The van der Waals surface area contributed by atoms with Crippen LogP contribution in [0.25, 0.3) is 11.1 Å². The van der Waals surface area contributed by atoms with Crippen LogP contribution in [0.1, 0.15) is 0 Å². The Hall–Kier alpha value is -2.43. The summed E-state index contributed by atoms with van der Waals surface area (Å²) in [6.07, 6.45) is 0. The second-order valence-corrected chi connectivity index (χ2v) is 3.20. The minimum atomic E-state index is -0.513. The molecule has 1 aromatic heterocycles. The van der Waals surface area contributed by atoms with Gasteiger partial charge in [0.1, 0.15) is 0 Å². The van der Waals surface area contributed by atoms with Crippen molar-refractivity contribution in [2.45, 2.75) is 0 Å². The van der Waals surface area contributed by atoms with Crippen LogP contribution in [0.5, 0.6) is 5.88 Å². The molecule has 0 amide bonds. The molecule has 2 rings (SSSR count). The van der Waals surface area contributed by atoms with Gasteiger partial charge in [-0.15, -0.1) is 4.91 Å². The van der Waals surface area contributed by atoms with Gasteiger partial charge in [0.05, 0.1) is 0 Å². The average molecular weight is 216 g/mol. The SMILES string of the molecule is O=Nc1c(-c2ccccc2)cc(=O)[nH]c1O. The van der Waals surface area contributed by atoms with Crippen LogP contribution in [0.2, 0.25) is 0 Å². The smallest absolute Gasteiger partial charge is 0.251 e. The first-order valence-electron chi connectivity index (χ1n) is 4.57. The van der Waals surface area contributed by atoms with Crippen molar-refractivity contribution in [3.05, 3.63) is 51.7 Å². The molecule has 0 bridgehead atoms. The lowest BCUT2D eigenvalue weighted by molar-refractivity contribution is 0.454. The minimum Gasteiger partial charge on any atom is -0.493 e. The molecule has 0 aliphatic heterocycles. The zero-order valence-corrected chi connectivity index (χ0v) is 8.18. The van der Waals surface area contributed by atoms with Crippen LogP contribution < -0.4 is 5.56 Å². The summed E-state index contributed by atoms with van der Waals surface area (Å²) in [5.74, 6) is -0.513. The fraction of sp³-hybridized carbons (Fsp3) is 0. The van der Waals surface area contributed by atoms with Crippen molar-refractivity contribution in [3.8, 4) is 17.0 Å². The van der Waals surface area contributed by atoms with Gasteiger partial charge in [-0.25, -0.2) is 0 Å². The number of nitrogens with zero attached hydrogens (tertiary/aromatic N) is 1. The largest absolute Gasteiger partial charge is 0.493 e. The molecule has 2 N–H and O–H groups in total. The minimum absolute atomic E-state index is 0.161. The third-order valence-corrected chi connectivity index (χ3v) is 2.17. The zero-order valence-electron chi connectivity index (χ0n) is 8.18. The fourth-order valence-corrected chi connectivity index (χ4v) is 1.47. The number of H-pyrrole nitrogens is 1. The third kappa shape index (κ3) is 1.70. The molecule has 80 valence electrons. The van der Waals surface area contributed by atoms with Crippen molar-refractivity contribution in [2.75, 3.05) is 0 Å². The Morgan fingerprint density at radius 2 is 1.88 bits per heavy atom. The highest BCUT2D eigenvalue weighted by Crippen LogP contribution is 2.34. The molecular weight excluding hydrogens is 208 g/mol. The topological polar surface area (TPSA) is 82.5 Å². The van der Waals surface area contributed by atoms with Crippen LogP contribution in [0, 0.1) is 4.91 Å². The van der Waals surface area contributed by atoms with Gasteiger partial charge in [-0.3, -0.25) is 9.78 Å². The van der Waals surface area contributed by atoms with E-state index in [1.165, 1.54) is 6.07 Å². The average Bonchev–Trinajstić information content (AvgIpc) is 2.29. The lowest BCUT2D eigenvalue weighted by atomic mass is 10.1. The molecule has 0 atom stereocenters. The highest BCUT2D eigenvalue weighted by atomic mass is 16.3. The number of nitrogens with one attached hydrogen (secondary N) is 1. The van der Waals surface area contributed by atoms with Gasteiger partial charge in [0.15, 0.2) is 5.69 Å². The number of rotatable bonds is 2. The van der Waals surface area contributed by atoms with Crippen LogP contribution in [0.15, 0.2) is 46.4 Å². The molecule has 5 heteroatoms. The van der Waals surface area contributed by atoms with E-state index in [-0.39, 0.29) is 5.69 Å². The van der Waals surface area contributed by atoms with Gasteiger partial charge in [-0.2, -0.15) is 0 Å². The van der Waals surface area contributed by atoms with E-state index >= 15 is 0 Å². The summed E-state index contributed by atoms with van der Waals surface area (Å²) < 4.78 is 0. The van der Waals surface area contributed by atoms with Crippen LogP contribution in [0.3, 0.4) is 0 Å². The number of hydrogen-bond donors (Lipinski definition) is 2. The Balaban J connectivity index is 2.74. The Bertz CT molecular complexity index is 576. The highest BCUT2D eigenvalue weighted by molar-refractivity contribution is 5.78. The molecule has 0 aliphatic rings. The molecule has 16 heavy (non-hydrogen) atoms. The van der Waals surface area contributed by atoms with Crippen molar-refractivity contribution in [1.82, 2.24) is 4.98 Å². The van der Waals surface area contributed by atoms with Crippen molar-refractivity contribution in [3.63, 3.8) is 0 Å². The first-order chi connectivity index (χ1) is 7.72. The van der Waals surface area contributed by atoms with Crippen LogP contribution in [-0.2, 0) is 0 Å². The van der Waals surface area contributed by atoms with Crippen molar-refractivity contribution in [2.24, 2.45) is 5.18 Å². The van der Waals surface area contributed by atoms with Crippen LogP contribution >= 0.6 is 0 Å². The molecule has 0 radical (unpaired) electrons. The number of aromatic hydroxyl groups is 1. The second-order valence-electron chi connectivity index (χ2n) is 3.20. The Morgan fingerprint density at radius 3 is 2.50 bits per heavy atom. The Morgan fingerprint density at radius 1 is 1.19 bits per heavy atom. The lowest BCUT2D eigenvalue weighted by Gasteiger charge is -2.04. The monoisotopic (exact) mass is 216 g/mol. The van der Waals surface area contributed by atoms with E-state index in [4.69, 9.17) is 0 Å². The molecule has 0 saturated carbocycles. The Labute approximate surface area is 90.4 Å². The molecular formula is C11H8N2O3.